The molecule has 2 unspecified atom stereocenters. The van der Waals surface area contributed by atoms with E-state index >= 15 is 0 Å². The van der Waals surface area contributed by atoms with E-state index in [1.54, 1.807) is 0 Å². The molecule has 0 aromatic heterocycles. The van der Waals surface area contributed by atoms with E-state index < -0.39 is 11.9 Å². The maximum absolute atomic E-state index is 12.6. The lowest BCUT2D eigenvalue weighted by molar-refractivity contribution is -0.128. The lowest BCUT2D eigenvalue weighted by atomic mass is 9.90. The van der Waals surface area contributed by atoms with Crippen LogP contribution >= 0.6 is 12.4 Å². The first kappa shape index (κ1) is 23.4. The van der Waals surface area contributed by atoms with Gasteiger partial charge in [0.1, 0.15) is 6.04 Å². The Morgan fingerprint density at radius 3 is 2.28 bits per heavy atom. The first-order chi connectivity index (χ1) is 11.2. The van der Waals surface area contributed by atoms with Crippen LogP contribution in [0.3, 0.4) is 0 Å². The van der Waals surface area contributed by atoms with Gasteiger partial charge in [-0.3, -0.25) is 9.59 Å². The first-order valence-electron chi connectivity index (χ1n) is 8.54. The third kappa shape index (κ3) is 7.88. The maximum Gasteiger partial charge on any atom is 0.240 e. The molecule has 3 N–H and O–H groups in total. The van der Waals surface area contributed by atoms with Crippen molar-refractivity contribution in [3.05, 3.63) is 35.4 Å². The fraction of sp³-hybridized carbons (Fsp3) is 0.579. The quantitative estimate of drug-likeness (QED) is 0.701. The number of carbonyl (C=O) groups is 2. The molecular weight excluding hydrogens is 338 g/mol. The van der Waals surface area contributed by atoms with Gasteiger partial charge in [0.05, 0.1) is 5.92 Å². The van der Waals surface area contributed by atoms with E-state index in [0.29, 0.717) is 18.9 Å². The summed E-state index contributed by atoms with van der Waals surface area (Å²) in [4.78, 5) is 26.2. The number of hydrogen-bond acceptors (Lipinski definition) is 3. The van der Waals surface area contributed by atoms with E-state index in [1.165, 1.54) is 5.56 Å². The normalized spacial score (nSPS) is 13.2. The Labute approximate surface area is 157 Å². The van der Waals surface area contributed by atoms with Gasteiger partial charge in [0.2, 0.25) is 11.8 Å². The average Bonchev–Trinajstić information content (AvgIpc) is 2.49. The van der Waals surface area contributed by atoms with Crippen LogP contribution in [0.2, 0.25) is 0 Å². The van der Waals surface area contributed by atoms with Crippen molar-refractivity contribution in [2.24, 2.45) is 11.7 Å². The zero-order valence-corrected chi connectivity index (χ0v) is 16.7. The molecule has 0 saturated heterocycles. The third-order valence-corrected chi connectivity index (χ3v) is 4.07. The van der Waals surface area contributed by atoms with Crippen LogP contribution in [0.4, 0.5) is 0 Å². The highest BCUT2D eigenvalue weighted by molar-refractivity contribution is 5.89. The van der Waals surface area contributed by atoms with Crippen LogP contribution in [-0.4, -0.2) is 43.4 Å². The van der Waals surface area contributed by atoms with Crippen LogP contribution in [0, 0.1) is 5.92 Å². The highest BCUT2D eigenvalue weighted by atomic mass is 35.5. The van der Waals surface area contributed by atoms with E-state index in [0.717, 1.165) is 12.0 Å². The van der Waals surface area contributed by atoms with Gasteiger partial charge in [-0.05, 0) is 57.5 Å². The molecule has 2 atom stereocenters. The van der Waals surface area contributed by atoms with Crippen LogP contribution in [-0.2, 0) is 16.0 Å². The van der Waals surface area contributed by atoms with Crippen LogP contribution in [0.25, 0.3) is 0 Å². The molecule has 0 radical (unpaired) electrons. The standard InChI is InChI=1S/C19H31N3O2.ClH/c1-13(2)12-15-8-6-7-9-16(15)14(3)19(24)21-17(18(20)23)10-11-22(4)5;/h6-9,13-14,17H,10-12H2,1-5H3,(H2,20,23)(H,21,24);1H. The van der Waals surface area contributed by atoms with Crippen LogP contribution < -0.4 is 11.1 Å². The molecule has 5 nitrogen and oxygen atoms in total. The molecule has 1 rings (SSSR count). The number of hydrogen-bond donors (Lipinski definition) is 2. The molecule has 0 saturated carbocycles. The van der Waals surface area contributed by atoms with Gasteiger partial charge in [-0.25, -0.2) is 0 Å². The highest BCUT2D eigenvalue weighted by Crippen LogP contribution is 2.23. The van der Waals surface area contributed by atoms with Gasteiger partial charge in [0.25, 0.3) is 0 Å². The lowest BCUT2D eigenvalue weighted by Crippen LogP contribution is -2.47. The molecule has 25 heavy (non-hydrogen) atoms. The van der Waals surface area contributed by atoms with Crippen LogP contribution in [0.5, 0.6) is 0 Å². The largest absolute Gasteiger partial charge is 0.368 e. The van der Waals surface area contributed by atoms with Crippen molar-refractivity contribution in [2.75, 3.05) is 20.6 Å². The molecule has 0 bridgehead atoms. The molecule has 0 heterocycles. The second-order valence-corrected chi connectivity index (χ2v) is 7.07. The third-order valence-electron chi connectivity index (χ3n) is 4.07. The number of rotatable bonds is 9. The molecule has 0 aliphatic heterocycles. The molecule has 2 amide bonds. The zero-order valence-electron chi connectivity index (χ0n) is 15.9. The number of primary amides is 1. The Morgan fingerprint density at radius 2 is 1.76 bits per heavy atom. The minimum Gasteiger partial charge on any atom is -0.368 e. The van der Waals surface area contributed by atoms with E-state index in [-0.39, 0.29) is 24.2 Å². The predicted octanol–water partition coefficient (Wildman–Crippen LogP) is 2.33. The Balaban J connectivity index is 0.00000576. The highest BCUT2D eigenvalue weighted by Gasteiger charge is 2.24. The van der Waals surface area contributed by atoms with Gasteiger partial charge < -0.3 is 16.0 Å². The smallest absolute Gasteiger partial charge is 0.240 e. The van der Waals surface area contributed by atoms with Crippen molar-refractivity contribution in [2.45, 2.75) is 45.6 Å². The Morgan fingerprint density at radius 1 is 1.16 bits per heavy atom. The molecular formula is C19H32ClN3O2. The SMILES string of the molecule is CC(C)Cc1ccccc1C(C)C(=O)NC(CCN(C)C)C(N)=O.Cl. The molecule has 1 aromatic rings. The van der Waals surface area contributed by atoms with Gasteiger partial charge in [-0.1, -0.05) is 38.1 Å². The minimum absolute atomic E-state index is 0. The second-order valence-electron chi connectivity index (χ2n) is 7.07. The molecule has 142 valence electrons. The summed E-state index contributed by atoms with van der Waals surface area (Å²) in [5, 5.41) is 2.81. The number of halogens is 1. The predicted molar refractivity (Wildman–Crippen MR) is 105 cm³/mol. The van der Waals surface area contributed by atoms with Crippen molar-refractivity contribution in [3.63, 3.8) is 0 Å². The van der Waals surface area contributed by atoms with E-state index in [2.05, 4.69) is 25.2 Å². The number of nitrogens with one attached hydrogen (secondary N) is 1. The number of nitrogens with two attached hydrogens (primary N) is 1. The van der Waals surface area contributed by atoms with Gasteiger partial charge in [-0.15, -0.1) is 12.4 Å². The number of amides is 2. The van der Waals surface area contributed by atoms with Crippen molar-refractivity contribution >= 4 is 24.2 Å². The maximum atomic E-state index is 12.6. The van der Waals surface area contributed by atoms with Gasteiger partial charge in [0.15, 0.2) is 0 Å². The summed E-state index contributed by atoms with van der Waals surface area (Å²) in [7, 11) is 3.84. The topological polar surface area (TPSA) is 75.4 Å². The van der Waals surface area contributed by atoms with Crippen molar-refractivity contribution in [1.29, 1.82) is 0 Å². The van der Waals surface area contributed by atoms with Crippen molar-refractivity contribution in [1.82, 2.24) is 10.2 Å². The van der Waals surface area contributed by atoms with Gasteiger partial charge in [-0.2, -0.15) is 0 Å². The first-order valence-corrected chi connectivity index (χ1v) is 8.54. The zero-order chi connectivity index (χ0) is 18.3. The fourth-order valence-electron chi connectivity index (χ4n) is 2.69. The summed E-state index contributed by atoms with van der Waals surface area (Å²) in [6.45, 7) is 6.88. The van der Waals surface area contributed by atoms with Gasteiger partial charge in [0, 0.05) is 0 Å². The average molecular weight is 370 g/mol. The molecule has 1 aromatic carbocycles. The minimum atomic E-state index is -0.639. The Hall–Kier alpha value is -1.59. The second kappa shape index (κ2) is 11.1. The monoisotopic (exact) mass is 369 g/mol. The lowest BCUT2D eigenvalue weighted by Gasteiger charge is -2.22. The Kier molecular flexibility index (Phi) is 10.4. The van der Waals surface area contributed by atoms with Gasteiger partial charge >= 0.3 is 0 Å². The number of carbonyl (C=O) groups excluding carboxylic acids is 2. The number of benzene rings is 1. The fourth-order valence-corrected chi connectivity index (χ4v) is 2.69. The van der Waals surface area contributed by atoms with E-state index in [1.807, 2.05) is 44.1 Å². The van der Waals surface area contributed by atoms with Crippen LogP contribution in [0.15, 0.2) is 24.3 Å². The molecule has 6 heteroatoms. The number of nitrogens with zero attached hydrogens (tertiary/aromatic N) is 1. The summed E-state index contributed by atoms with van der Waals surface area (Å²) in [6.07, 6.45) is 1.43. The summed E-state index contributed by atoms with van der Waals surface area (Å²) in [5.41, 5.74) is 7.63. The summed E-state index contributed by atoms with van der Waals surface area (Å²) >= 11 is 0. The van der Waals surface area contributed by atoms with E-state index in [9.17, 15) is 9.59 Å². The summed E-state index contributed by atoms with van der Waals surface area (Å²) in [6, 6.07) is 7.35. The molecule has 0 aliphatic rings. The summed E-state index contributed by atoms with van der Waals surface area (Å²) in [5.74, 6) is -0.456. The van der Waals surface area contributed by atoms with Crippen molar-refractivity contribution < 1.29 is 9.59 Å². The molecule has 0 fully saturated rings. The summed E-state index contributed by atoms with van der Waals surface area (Å²) < 4.78 is 0. The molecule has 0 spiro atoms. The van der Waals surface area contributed by atoms with Crippen molar-refractivity contribution in [3.8, 4) is 0 Å². The van der Waals surface area contributed by atoms with Crippen LogP contribution in [0.1, 0.15) is 44.2 Å². The van der Waals surface area contributed by atoms with E-state index in [4.69, 9.17) is 5.73 Å². The Bertz CT molecular complexity index is 561. The molecule has 0 aliphatic carbocycles.